The fraction of sp³-hybridized carbons (Fsp3) is 0.333. The normalized spacial score (nSPS) is 20.2. The Hall–Kier alpha value is -5.13. The maximum atomic E-state index is 14.0. The number of fused-ring (bicyclic) bond motifs is 3. The maximum Gasteiger partial charge on any atom is 0.257 e. The fourth-order valence-corrected chi connectivity index (χ4v) is 5.95. The Kier molecular flexibility index (Phi) is 9.09. The molecule has 2 aliphatic rings. The zero-order valence-corrected chi connectivity index (χ0v) is 24.6. The number of hydrogen-bond acceptors (Lipinski definition) is 7. The number of carbonyl (C=O) groups is 3. The lowest BCUT2D eigenvalue weighted by Crippen LogP contribution is -2.54. The molecule has 4 aromatic rings. The number of nitrogens with one attached hydrogen (secondary N) is 2. The van der Waals surface area contributed by atoms with E-state index in [1.165, 1.54) is 16.8 Å². The van der Waals surface area contributed by atoms with Crippen molar-refractivity contribution in [2.24, 2.45) is 11.8 Å². The van der Waals surface area contributed by atoms with Gasteiger partial charge >= 0.3 is 0 Å². The highest BCUT2D eigenvalue weighted by atomic mass is 19.1. The summed E-state index contributed by atoms with van der Waals surface area (Å²) in [5.41, 5.74) is 2.35. The van der Waals surface area contributed by atoms with Gasteiger partial charge in [0.15, 0.2) is 0 Å². The number of nitrogens with zero attached hydrogens (tertiary/aromatic N) is 5. The number of piperidine rings is 1. The van der Waals surface area contributed by atoms with Crippen LogP contribution in [0.5, 0.6) is 5.88 Å². The van der Waals surface area contributed by atoms with Gasteiger partial charge in [0.2, 0.25) is 17.7 Å². The number of ether oxygens (including phenoxy) is 1. The lowest BCUT2D eigenvalue weighted by Gasteiger charge is -2.40. The molecule has 2 bridgehead atoms. The third kappa shape index (κ3) is 7.34. The summed E-state index contributed by atoms with van der Waals surface area (Å²) in [4.78, 5) is 46.4. The van der Waals surface area contributed by atoms with Gasteiger partial charge in [-0.15, -0.1) is 5.10 Å². The van der Waals surface area contributed by atoms with Gasteiger partial charge in [0.1, 0.15) is 17.4 Å². The van der Waals surface area contributed by atoms with Crippen LogP contribution in [-0.4, -0.2) is 68.3 Å². The van der Waals surface area contributed by atoms with E-state index in [1.54, 1.807) is 41.6 Å². The molecule has 45 heavy (non-hydrogen) atoms. The second kappa shape index (κ2) is 13.7. The Balaban J connectivity index is 1.20. The Morgan fingerprint density at radius 2 is 1.87 bits per heavy atom. The smallest absolute Gasteiger partial charge is 0.257 e. The molecular formula is C33H34FN7O4. The lowest BCUT2D eigenvalue weighted by molar-refractivity contribution is -0.136. The number of rotatable bonds is 7. The summed E-state index contributed by atoms with van der Waals surface area (Å²) in [6.07, 6.45) is 4.89. The first kappa shape index (κ1) is 29.9. The first-order valence-corrected chi connectivity index (χ1v) is 15.1. The van der Waals surface area contributed by atoms with Crippen molar-refractivity contribution in [1.82, 2.24) is 35.5 Å². The highest BCUT2D eigenvalue weighted by molar-refractivity contribution is 5.99. The van der Waals surface area contributed by atoms with Crippen LogP contribution in [0.4, 0.5) is 4.39 Å². The van der Waals surface area contributed by atoms with Crippen LogP contribution in [0.2, 0.25) is 0 Å². The van der Waals surface area contributed by atoms with Crippen molar-refractivity contribution < 1.29 is 23.5 Å². The topological polar surface area (TPSA) is 131 Å². The van der Waals surface area contributed by atoms with Crippen molar-refractivity contribution in [3.05, 3.63) is 102 Å². The monoisotopic (exact) mass is 611 g/mol. The van der Waals surface area contributed by atoms with Crippen molar-refractivity contribution in [2.45, 2.75) is 38.3 Å². The molecule has 0 spiro atoms. The van der Waals surface area contributed by atoms with E-state index in [4.69, 9.17) is 4.74 Å². The Morgan fingerprint density at radius 1 is 1.04 bits per heavy atom. The van der Waals surface area contributed by atoms with Gasteiger partial charge in [-0.1, -0.05) is 35.5 Å². The van der Waals surface area contributed by atoms with E-state index < -0.39 is 11.9 Å². The molecule has 2 aliphatic heterocycles. The number of hydrogen-bond donors (Lipinski definition) is 2. The average Bonchev–Trinajstić information content (AvgIpc) is 3.53. The molecular weight excluding hydrogens is 577 g/mol. The fourth-order valence-electron chi connectivity index (χ4n) is 5.95. The number of aromatic nitrogens is 4. The van der Waals surface area contributed by atoms with E-state index in [1.807, 2.05) is 30.3 Å². The van der Waals surface area contributed by atoms with Gasteiger partial charge < -0.3 is 20.3 Å². The third-order valence-electron chi connectivity index (χ3n) is 8.38. The summed E-state index contributed by atoms with van der Waals surface area (Å²) in [6.45, 7) is 1.64. The first-order chi connectivity index (χ1) is 21.9. The molecule has 3 atom stereocenters. The molecule has 2 aromatic heterocycles. The predicted octanol–water partition coefficient (Wildman–Crippen LogP) is 3.10. The van der Waals surface area contributed by atoms with Gasteiger partial charge in [-0.2, -0.15) is 0 Å². The third-order valence-corrected chi connectivity index (χ3v) is 8.38. The summed E-state index contributed by atoms with van der Waals surface area (Å²) in [7, 11) is 0. The minimum atomic E-state index is -0.935. The number of carbonyl (C=O) groups excluding carboxylic acids is 3. The molecule has 0 radical (unpaired) electrons. The highest BCUT2D eigenvalue weighted by Crippen LogP contribution is 2.31. The summed E-state index contributed by atoms with van der Waals surface area (Å²) in [6, 6.07) is 17.9. The standard InChI is InChI=1S/C33H34FN7O4/c34-25-8-10-27(11-9-25)41-21-26(38-39-41)18-29-33(44)40-15-12-23(17-30(42)36-19-22-5-2-1-3-6-22)24(20-40)13-16-45-32-28(31(43)37-29)7-4-14-35-32/h1-11,14,21,23-24,29H,12-13,15-20H2,(H,36,42)(H,37,43)/t23-,24-,29+/m0/s1. The van der Waals surface area contributed by atoms with E-state index in [9.17, 15) is 18.8 Å². The van der Waals surface area contributed by atoms with E-state index in [0.29, 0.717) is 56.9 Å². The summed E-state index contributed by atoms with van der Waals surface area (Å²) in [5, 5.41) is 14.3. The number of benzene rings is 2. The maximum absolute atomic E-state index is 14.0. The Bertz CT molecular complexity index is 1650. The molecule has 1 saturated heterocycles. The SMILES string of the molecule is O=C(C[C@@H]1CCN2C[C@@H]1CCOc1ncccc1C(=O)N[C@H](Cc1cn(-c3ccc(F)cc3)nn1)C2=O)NCc1ccccc1. The van der Waals surface area contributed by atoms with Gasteiger partial charge in [-0.25, -0.2) is 14.1 Å². The van der Waals surface area contributed by atoms with Crippen LogP contribution in [-0.2, 0) is 22.6 Å². The van der Waals surface area contributed by atoms with Crippen LogP contribution in [0.1, 0.15) is 40.9 Å². The largest absolute Gasteiger partial charge is 0.477 e. The van der Waals surface area contributed by atoms with Crippen molar-refractivity contribution in [1.29, 1.82) is 0 Å². The molecule has 2 N–H and O–H groups in total. The summed E-state index contributed by atoms with van der Waals surface area (Å²) < 4.78 is 20.9. The second-order valence-corrected chi connectivity index (χ2v) is 11.4. The molecule has 232 valence electrons. The zero-order valence-electron chi connectivity index (χ0n) is 24.6. The second-order valence-electron chi connectivity index (χ2n) is 11.4. The summed E-state index contributed by atoms with van der Waals surface area (Å²) in [5.74, 6) is -0.857. The van der Waals surface area contributed by atoms with Crippen LogP contribution in [0.25, 0.3) is 5.69 Å². The van der Waals surface area contributed by atoms with Crippen molar-refractivity contribution in [3.63, 3.8) is 0 Å². The Labute approximate surface area is 259 Å². The average molecular weight is 612 g/mol. The molecule has 11 nitrogen and oxygen atoms in total. The number of amides is 3. The quantitative estimate of drug-likeness (QED) is 0.328. The van der Waals surface area contributed by atoms with Gasteiger partial charge in [-0.3, -0.25) is 14.4 Å². The van der Waals surface area contributed by atoms with Crippen LogP contribution in [0, 0.1) is 17.7 Å². The molecule has 0 aliphatic carbocycles. The molecule has 2 aromatic carbocycles. The molecule has 0 saturated carbocycles. The lowest BCUT2D eigenvalue weighted by atomic mass is 9.80. The van der Waals surface area contributed by atoms with Crippen LogP contribution in [0.15, 0.2) is 79.1 Å². The minimum Gasteiger partial charge on any atom is -0.477 e. The van der Waals surface area contributed by atoms with E-state index in [-0.39, 0.29) is 47.3 Å². The predicted molar refractivity (Wildman–Crippen MR) is 162 cm³/mol. The molecule has 12 heteroatoms. The zero-order chi connectivity index (χ0) is 31.2. The van der Waals surface area contributed by atoms with Crippen LogP contribution >= 0.6 is 0 Å². The molecule has 6 rings (SSSR count). The number of halogens is 1. The molecule has 3 amide bonds. The van der Waals surface area contributed by atoms with E-state index in [2.05, 4.69) is 25.9 Å². The molecule has 1 fully saturated rings. The summed E-state index contributed by atoms with van der Waals surface area (Å²) >= 11 is 0. The first-order valence-electron chi connectivity index (χ1n) is 15.1. The number of pyridine rings is 1. The van der Waals surface area contributed by atoms with Crippen LogP contribution in [0.3, 0.4) is 0 Å². The highest BCUT2D eigenvalue weighted by Gasteiger charge is 2.36. The molecule has 0 unspecified atom stereocenters. The van der Waals surface area contributed by atoms with Gasteiger partial charge in [0, 0.05) is 38.7 Å². The molecule has 4 heterocycles. The van der Waals surface area contributed by atoms with Gasteiger partial charge in [0.05, 0.1) is 24.2 Å². The van der Waals surface area contributed by atoms with Crippen LogP contribution < -0.4 is 15.4 Å². The van der Waals surface area contributed by atoms with Crippen molar-refractivity contribution in [2.75, 3.05) is 19.7 Å². The van der Waals surface area contributed by atoms with Crippen molar-refractivity contribution >= 4 is 17.7 Å². The van der Waals surface area contributed by atoms with Gasteiger partial charge in [0.25, 0.3) is 5.91 Å². The minimum absolute atomic E-state index is 0.00691. The van der Waals surface area contributed by atoms with Gasteiger partial charge in [-0.05, 0) is 66.6 Å². The Morgan fingerprint density at radius 3 is 2.69 bits per heavy atom. The van der Waals surface area contributed by atoms with E-state index in [0.717, 1.165) is 5.56 Å². The van der Waals surface area contributed by atoms with E-state index >= 15 is 0 Å². The van der Waals surface area contributed by atoms with Crippen molar-refractivity contribution in [3.8, 4) is 11.6 Å².